The molecule has 1 aromatic carbocycles. The number of alkyl halides is 2. The Morgan fingerprint density at radius 2 is 1.96 bits per heavy atom. The van der Waals surface area contributed by atoms with Crippen LogP contribution in [0.2, 0.25) is 0 Å². The Balaban J connectivity index is 1.22. The van der Waals surface area contributed by atoms with Crippen LogP contribution in [-0.2, 0) is 23.4 Å². The fourth-order valence-electron chi connectivity index (χ4n) is 6.03. The number of aromatic nitrogens is 4. The van der Waals surface area contributed by atoms with Gasteiger partial charge in [0.2, 0.25) is 17.5 Å². The number of imidazole rings is 1. The minimum Gasteiger partial charge on any atom is -0.476 e. The first-order valence-electron chi connectivity index (χ1n) is 15.2. The molecule has 2 unspecified atom stereocenters. The predicted octanol–water partition coefficient (Wildman–Crippen LogP) is 3.94. The standard InChI is InChI=1S/C29H37F2N6O8P/c1-4-41-22-20-21(35-26(32)36-22)37(15-33-20)25-27(3,39)28(30)24(29(28,31)43-25)45-46(40,44-19-13-9-6-10-14-19)16-34-17(2)23(38)42-18-11-7-5-8-12-18/h6,9-10,13-15,17-18,24-25,34,39H,4-5,7-8,11-12,16H2,1-3H3,(H2,32,35,36)/t17-,24?,25+,27-,28-,29+,46?/m0/s1. The molecule has 0 spiro atoms. The Labute approximate surface area is 263 Å². The second-order valence-corrected chi connectivity index (χ2v) is 13.8. The molecule has 14 nitrogen and oxygen atoms in total. The third kappa shape index (κ3) is 5.49. The van der Waals surface area contributed by atoms with Crippen LogP contribution in [-0.4, -0.2) is 78.9 Å². The van der Waals surface area contributed by atoms with Crippen LogP contribution < -0.4 is 20.3 Å². The molecule has 0 bridgehead atoms. The van der Waals surface area contributed by atoms with Gasteiger partial charge in [-0.2, -0.15) is 9.97 Å². The first-order chi connectivity index (χ1) is 21.8. The highest BCUT2D eigenvalue weighted by Gasteiger charge is 2.97. The Morgan fingerprint density at radius 3 is 2.61 bits per heavy atom. The molecule has 7 atom stereocenters. The maximum absolute atomic E-state index is 16.6. The second kappa shape index (κ2) is 12.0. The molecule has 4 N–H and O–H groups in total. The van der Waals surface area contributed by atoms with Gasteiger partial charge in [-0.05, 0) is 58.6 Å². The minimum atomic E-state index is -4.47. The van der Waals surface area contributed by atoms with Crippen LogP contribution in [0.3, 0.4) is 0 Å². The summed E-state index contributed by atoms with van der Waals surface area (Å²) in [6.07, 6.45) is 1.02. The largest absolute Gasteiger partial charge is 0.476 e. The number of fused-ring (bicyclic) bond motifs is 2. The number of ether oxygens (including phenoxy) is 3. The molecule has 3 aliphatic rings. The molecule has 3 fully saturated rings. The number of rotatable bonds is 12. The summed E-state index contributed by atoms with van der Waals surface area (Å²) in [6.45, 7) is 4.49. The van der Waals surface area contributed by atoms with E-state index in [0.717, 1.165) is 49.9 Å². The highest BCUT2D eigenvalue weighted by molar-refractivity contribution is 7.54. The van der Waals surface area contributed by atoms with Gasteiger partial charge in [0, 0.05) is 0 Å². The van der Waals surface area contributed by atoms with E-state index in [-0.39, 0.29) is 41.5 Å². The Bertz CT molecular complexity index is 1640. The van der Waals surface area contributed by atoms with Gasteiger partial charge in [0.25, 0.3) is 5.85 Å². The number of esters is 1. The van der Waals surface area contributed by atoms with Gasteiger partial charge < -0.3 is 29.6 Å². The molecule has 1 aliphatic heterocycles. The number of nitrogens with one attached hydrogen (secondary N) is 1. The average molecular weight is 667 g/mol. The molecule has 46 heavy (non-hydrogen) atoms. The molecule has 3 aromatic rings. The van der Waals surface area contributed by atoms with Gasteiger partial charge in [0.15, 0.2) is 23.5 Å². The smallest absolute Gasteiger partial charge is 0.393 e. The number of hydrogen-bond acceptors (Lipinski definition) is 13. The topological polar surface area (TPSA) is 182 Å². The number of halogens is 2. The zero-order valence-electron chi connectivity index (χ0n) is 25.6. The summed E-state index contributed by atoms with van der Waals surface area (Å²) in [5.41, 5.74) is 0.140. The SMILES string of the molecule is CCOc1nc(N)nc2c1ncn2[C@@H]1O[C@]2(F)C(OP(=O)(CN[C@@H](C)C(=O)OC3CCCCC3)Oc3ccccc3)[C@]2(F)[C@@]1(C)O. The predicted molar refractivity (Wildman–Crippen MR) is 159 cm³/mol. The van der Waals surface area contributed by atoms with Gasteiger partial charge in [-0.3, -0.25) is 19.2 Å². The van der Waals surface area contributed by atoms with Crippen LogP contribution in [0.4, 0.5) is 14.7 Å². The van der Waals surface area contributed by atoms with Crippen molar-refractivity contribution in [1.29, 1.82) is 0 Å². The van der Waals surface area contributed by atoms with Gasteiger partial charge in [0.05, 0.1) is 12.9 Å². The maximum Gasteiger partial charge on any atom is 0.393 e. The van der Waals surface area contributed by atoms with Crippen LogP contribution in [0.1, 0.15) is 59.1 Å². The quantitative estimate of drug-likeness (QED) is 0.187. The van der Waals surface area contributed by atoms with Crippen molar-refractivity contribution >= 4 is 30.7 Å². The van der Waals surface area contributed by atoms with E-state index in [2.05, 4.69) is 20.3 Å². The number of nitrogens with two attached hydrogens (primary N) is 1. The molecule has 0 radical (unpaired) electrons. The summed E-state index contributed by atoms with van der Waals surface area (Å²) in [4.78, 5) is 25.0. The molecule has 2 aromatic heterocycles. The van der Waals surface area contributed by atoms with Crippen LogP contribution in [0.15, 0.2) is 36.7 Å². The zero-order chi connectivity index (χ0) is 32.9. The van der Waals surface area contributed by atoms with Crippen LogP contribution in [0.5, 0.6) is 11.6 Å². The number of nitrogens with zero attached hydrogens (tertiary/aromatic N) is 4. The summed E-state index contributed by atoms with van der Waals surface area (Å²) in [5, 5.41) is 14.2. The van der Waals surface area contributed by atoms with Crippen molar-refractivity contribution in [3.05, 3.63) is 36.7 Å². The summed E-state index contributed by atoms with van der Waals surface area (Å²) in [7, 11) is -4.47. The van der Waals surface area contributed by atoms with E-state index in [1.807, 2.05) is 0 Å². The molecule has 6 rings (SSSR count). The third-order valence-electron chi connectivity index (χ3n) is 8.59. The number of hydrogen-bond donors (Lipinski definition) is 3. The number of nitrogen functional groups attached to an aromatic ring is 1. The van der Waals surface area contributed by atoms with E-state index in [1.54, 1.807) is 25.1 Å². The Morgan fingerprint density at radius 1 is 1.24 bits per heavy atom. The summed E-state index contributed by atoms with van der Waals surface area (Å²) >= 11 is 0. The van der Waals surface area contributed by atoms with E-state index in [4.69, 9.17) is 29.0 Å². The molecule has 1 saturated heterocycles. The lowest BCUT2D eigenvalue weighted by atomic mass is 9.96. The molecular weight excluding hydrogens is 629 g/mol. The first-order valence-corrected chi connectivity index (χ1v) is 16.9. The highest BCUT2D eigenvalue weighted by Crippen LogP contribution is 2.74. The number of anilines is 1. The lowest BCUT2D eigenvalue weighted by Crippen LogP contribution is -2.46. The normalized spacial score (nSPS) is 31.2. The molecule has 2 saturated carbocycles. The van der Waals surface area contributed by atoms with Crippen molar-refractivity contribution in [3.63, 3.8) is 0 Å². The molecule has 17 heteroatoms. The van der Waals surface area contributed by atoms with Gasteiger partial charge in [-0.1, -0.05) is 24.6 Å². The molecule has 250 valence electrons. The average Bonchev–Trinajstić information content (AvgIpc) is 3.24. The second-order valence-electron chi connectivity index (χ2n) is 11.9. The van der Waals surface area contributed by atoms with Crippen molar-refractivity contribution < 1.29 is 46.5 Å². The number of benzene rings is 1. The van der Waals surface area contributed by atoms with Crippen LogP contribution in [0.25, 0.3) is 11.2 Å². The molecule has 2 aliphatic carbocycles. The number of carbonyl (C=O) groups excluding carboxylic acids is 1. The van der Waals surface area contributed by atoms with Crippen molar-refractivity contribution in [2.24, 2.45) is 0 Å². The summed E-state index contributed by atoms with van der Waals surface area (Å²) < 4.78 is 75.9. The first kappa shape index (κ1) is 32.5. The third-order valence-corrected chi connectivity index (χ3v) is 10.2. The number of aliphatic hydroxyl groups is 1. The van der Waals surface area contributed by atoms with Gasteiger partial charge >= 0.3 is 13.6 Å². The van der Waals surface area contributed by atoms with Gasteiger partial charge in [0.1, 0.15) is 29.8 Å². The van der Waals surface area contributed by atoms with Gasteiger partial charge in [-0.15, -0.1) is 0 Å². The number of carbonyl (C=O) groups is 1. The van der Waals surface area contributed by atoms with Gasteiger partial charge in [-0.25, -0.2) is 18.3 Å². The fourth-order valence-corrected chi connectivity index (χ4v) is 7.75. The van der Waals surface area contributed by atoms with Crippen molar-refractivity contribution in [3.8, 4) is 11.6 Å². The lowest BCUT2D eigenvalue weighted by molar-refractivity contribution is -0.174. The highest BCUT2D eigenvalue weighted by atomic mass is 31.2. The van der Waals surface area contributed by atoms with Crippen molar-refractivity contribution in [2.75, 3.05) is 18.6 Å². The zero-order valence-corrected chi connectivity index (χ0v) is 26.5. The van der Waals surface area contributed by atoms with Crippen molar-refractivity contribution in [2.45, 2.75) is 94.5 Å². The molecular formula is C29H37F2N6O8P. The van der Waals surface area contributed by atoms with E-state index in [0.29, 0.717) is 0 Å². The van der Waals surface area contributed by atoms with E-state index < -0.39 is 55.3 Å². The lowest BCUT2D eigenvalue weighted by Gasteiger charge is -2.32. The monoisotopic (exact) mass is 666 g/mol. The molecule has 3 heterocycles. The summed E-state index contributed by atoms with van der Waals surface area (Å²) in [6, 6.07) is 6.94. The van der Waals surface area contributed by atoms with E-state index in [1.165, 1.54) is 19.1 Å². The van der Waals surface area contributed by atoms with Crippen LogP contribution in [0, 0.1) is 0 Å². The molecule has 0 amide bonds. The van der Waals surface area contributed by atoms with E-state index in [9.17, 15) is 14.5 Å². The number of para-hydroxylation sites is 1. The van der Waals surface area contributed by atoms with Crippen molar-refractivity contribution in [1.82, 2.24) is 24.8 Å². The Hall–Kier alpha value is -3.43. The Kier molecular flexibility index (Phi) is 8.47. The fraction of sp³-hybridized carbons (Fsp3) is 0.586. The summed E-state index contributed by atoms with van der Waals surface area (Å²) in [5.74, 6) is -3.88. The van der Waals surface area contributed by atoms with Crippen LogP contribution >= 0.6 is 7.60 Å². The minimum absolute atomic E-state index is 0.00331. The van der Waals surface area contributed by atoms with E-state index >= 15 is 8.78 Å². The maximum atomic E-state index is 16.6.